The van der Waals surface area contributed by atoms with E-state index in [0.29, 0.717) is 24.2 Å². The van der Waals surface area contributed by atoms with E-state index >= 15 is 0 Å². The Hall–Kier alpha value is -3.12. The lowest BCUT2D eigenvalue weighted by Gasteiger charge is -2.24. The van der Waals surface area contributed by atoms with E-state index in [1.807, 2.05) is 42.5 Å². The Kier molecular flexibility index (Phi) is 7.25. The van der Waals surface area contributed by atoms with Gasteiger partial charge in [0.25, 0.3) is 15.9 Å². The van der Waals surface area contributed by atoms with Crippen LogP contribution in [-0.4, -0.2) is 27.4 Å². The summed E-state index contributed by atoms with van der Waals surface area (Å²) in [4.78, 5) is 12.6. The van der Waals surface area contributed by atoms with Crippen LogP contribution in [0, 0.1) is 0 Å². The maximum absolute atomic E-state index is 13.2. The molecule has 1 N–H and O–H groups in total. The van der Waals surface area contributed by atoms with E-state index in [2.05, 4.69) is 12.2 Å². The molecule has 0 atom stereocenters. The molecule has 0 aromatic heterocycles. The molecule has 0 fully saturated rings. The third-order valence-corrected chi connectivity index (χ3v) is 6.66. The number of anilines is 1. The van der Waals surface area contributed by atoms with E-state index in [1.165, 1.54) is 9.87 Å². The van der Waals surface area contributed by atoms with E-state index in [4.69, 9.17) is 0 Å². The standard InChI is InChI=1S/C24H26N2O3S/c1-2-20-14-16-21(17-15-20)24(27)25-18-9-19-26(22-10-5-3-6-11-22)30(28,29)23-12-7-4-8-13-23/h3-8,10-17H,2,9,18-19H2,1H3,(H,25,27). The van der Waals surface area contributed by atoms with Gasteiger partial charge in [0.05, 0.1) is 10.6 Å². The third-order valence-electron chi connectivity index (χ3n) is 4.82. The van der Waals surface area contributed by atoms with Gasteiger partial charge in [-0.05, 0) is 54.8 Å². The minimum absolute atomic E-state index is 0.158. The molecular weight excluding hydrogens is 396 g/mol. The number of carbonyl (C=O) groups excluding carboxylic acids is 1. The van der Waals surface area contributed by atoms with Gasteiger partial charge >= 0.3 is 0 Å². The summed E-state index contributed by atoms with van der Waals surface area (Å²) in [6.45, 7) is 2.70. The lowest BCUT2D eigenvalue weighted by atomic mass is 10.1. The minimum atomic E-state index is -3.69. The molecule has 156 valence electrons. The van der Waals surface area contributed by atoms with Gasteiger partial charge in [-0.25, -0.2) is 8.42 Å². The van der Waals surface area contributed by atoms with Crippen LogP contribution < -0.4 is 9.62 Å². The van der Waals surface area contributed by atoms with Crippen molar-refractivity contribution in [3.8, 4) is 0 Å². The Labute approximate surface area is 178 Å². The first kappa shape index (κ1) is 21.6. The smallest absolute Gasteiger partial charge is 0.264 e. The van der Waals surface area contributed by atoms with Crippen molar-refractivity contribution in [2.45, 2.75) is 24.7 Å². The lowest BCUT2D eigenvalue weighted by Crippen LogP contribution is -2.34. The zero-order valence-electron chi connectivity index (χ0n) is 17.0. The number of nitrogens with zero attached hydrogens (tertiary/aromatic N) is 1. The number of carbonyl (C=O) groups is 1. The van der Waals surface area contributed by atoms with Gasteiger partial charge in [0.15, 0.2) is 0 Å². The van der Waals surface area contributed by atoms with Crippen molar-refractivity contribution < 1.29 is 13.2 Å². The van der Waals surface area contributed by atoms with Crippen molar-refractivity contribution in [3.63, 3.8) is 0 Å². The Morgan fingerprint density at radius 3 is 2.07 bits per heavy atom. The summed E-state index contributed by atoms with van der Waals surface area (Å²) in [5, 5.41) is 2.87. The Balaban J connectivity index is 1.66. The van der Waals surface area contributed by atoms with E-state index in [-0.39, 0.29) is 17.3 Å². The molecule has 0 aliphatic rings. The Bertz CT molecular complexity index is 1050. The number of aryl methyl sites for hydroxylation is 1. The average molecular weight is 423 g/mol. The molecule has 0 heterocycles. The molecule has 30 heavy (non-hydrogen) atoms. The molecule has 0 aliphatic heterocycles. The van der Waals surface area contributed by atoms with Crippen LogP contribution in [0.25, 0.3) is 0 Å². The predicted octanol–water partition coefficient (Wildman–Crippen LogP) is 4.26. The van der Waals surface area contributed by atoms with Crippen LogP contribution in [-0.2, 0) is 16.4 Å². The highest BCUT2D eigenvalue weighted by molar-refractivity contribution is 7.92. The number of hydrogen-bond donors (Lipinski definition) is 1. The van der Waals surface area contributed by atoms with Gasteiger partial charge in [-0.3, -0.25) is 9.10 Å². The largest absolute Gasteiger partial charge is 0.352 e. The fraction of sp³-hybridized carbons (Fsp3) is 0.208. The zero-order valence-corrected chi connectivity index (χ0v) is 17.8. The normalized spacial score (nSPS) is 11.1. The summed E-state index contributed by atoms with van der Waals surface area (Å²) in [5.74, 6) is -0.158. The summed E-state index contributed by atoms with van der Waals surface area (Å²) >= 11 is 0. The summed E-state index contributed by atoms with van der Waals surface area (Å²) < 4.78 is 27.8. The molecule has 0 radical (unpaired) electrons. The molecule has 3 aromatic carbocycles. The van der Waals surface area contributed by atoms with Gasteiger partial charge in [0.2, 0.25) is 0 Å². The van der Waals surface area contributed by atoms with Crippen molar-refractivity contribution in [2.75, 3.05) is 17.4 Å². The highest BCUT2D eigenvalue weighted by Crippen LogP contribution is 2.23. The zero-order chi connectivity index (χ0) is 21.4. The number of para-hydroxylation sites is 1. The molecule has 6 heteroatoms. The second-order valence-corrected chi connectivity index (χ2v) is 8.75. The van der Waals surface area contributed by atoms with Crippen molar-refractivity contribution in [1.29, 1.82) is 0 Å². The van der Waals surface area contributed by atoms with Crippen LogP contribution in [0.2, 0.25) is 0 Å². The second-order valence-electron chi connectivity index (χ2n) is 6.89. The van der Waals surface area contributed by atoms with Crippen LogP contribution in [0.5, 0.6) is 0 Å². The number of amides is 1. The topological polar surface area (TPSA) is 66.5 Å². The maximum Gasteiger partial charge on any atom is 0.264 e. The predicted molar refractivity (Wildman–Crippen MR) is 120 cm³/mol. The van der Waals surface area contributed by atoms with Crippen LogP contribution in [0.15, 0.2) is 89.8 Å². The number of sulfonamides is 1. The van der Waals surface area contributed by atoms with E-state index in [9.17, 15) is 13.2 Å². The molecule has 0 saturated carbocycles. The van der Waals surface area contributed by atoms with Gasteiger partial charge in [0.1, 0.15) is 0 Å². The van der Waals surface area contributed by atoms with Crippen LogP contribution in [0.3, 0.4) is 0 Å². The molecule has 0 bridgehead atoms. The highest BCUT2D eigenvalue weighted by atomic mass is 32.2. The molecule has 0 unspecified atom stereocenters. The van der Waals surface area contributed by atoms with Crippen molar-refractivity contribution in [2.24, 2.45) is 0 Å². The molecule has 0 aliphatic carbocycles. The first-order valence-corrected chi connectivity index (χ1v) is 11.5. The molecule has 3 rings (SSSR count). The maximum atomic E-state index is 13.2. The minimum Gasteiger partial charge on any atom is -0.352 e. The lowest BCUT2D eigenvalue weighted by molar-refractivity contribution is 0.0953. The average Bonchev–Trinajstić information content (AvgIpc) is 2.80. The van der Waals surface area contributed by atoms with Gasteiger partial charge in [0, 0.05) is 18.7 Å². The first-order valence-electron chi connectivity index (χ1n) is 10.0. The Morgan fingerprint density at radius 1 is 0.867 bits per heavy atom. The van der Waals surface area contributed by atoms with Gasteiger partial charge in [-0.15, -0.1) is 0 Å². The summed E-state index contributed by atoms with van der Waals surface area (Å²) in [5.41, 5.74) is 2.38. The SMILES string of the molecule is CCc1ccc(C(=O)NCCCN(c2ccccc2)S(=O)(=O)c2ccccc2)cc1. The van der Waals surface area contributed by atoms with Crippen molar-refractivity contribution >= 4 is 21.6 Å². The molecule has 0 saturated heterocycles. The van der Waals surface area contributed by atoms with Crippen molar-refractivity contribution in [1.82, 2.24) is 5.32 Å². The monoisotopic (exact) mass is 422 g/mol. The highest BCUT2D eigenvalue weighted by Gasteiger charge is 2.24. The summed E-state index contributed by atoms with van der Waals surface area (Å²) in [6.07, 6.45) is 1.41. The Morgan fingerprint density at radius 2 is 1.47 bits per heavy atom. The van der Waals surface area contributed by atoms with Gasteiger partial charge in [-0.1, -0.05) is 55.5 Å². The molecule has 1 amide bonds. The fourth-order valence-corrected chi connectivity index (χ4v) is 4.64. The number of hydrogen-bond acceptors (Lipinski definition) is 3. The van der Waals surface area contributed by atoms with E-state index in [1.54, 1.807) is 42.5 Å². The van der Waals surface area contributed by atoms with Gasteiger partial charge in [-0.2, -0.15) is 0 Å². The van der Waals surface area contributed by atoms with Crippen LogP contribution >= 0.6 is 0 Å². The number of nitrogens with one attached hydrogen (secondary N) is 1. The molecule has 5 nitrogen and oxygen atoms in total. The fourth-order valence-electron chi connectivity index (χ4n) is 3.12. The van der Waals surface area contributed by atoms with Gasteiger partial charge < -0.3 is 5.32 Å². The second kappa shape index (κ2) is 10.1. The molecule has 0 spiro atoms. The first-order chi connectivity index (χ1) is 14.5. The summed E-state index contributed by atoms with van der Waals surface area (Å²) in [7, 11) is -3.69. The number of benzene rings is 3. The summed E-state index contributed by atoms with van der Waals surface area (Å²) in [6, 6.07) is 24.9. The van der Waals surface area contributed by atoms with E-state index in [0.717, 1.165) is 6.42 Å². The number of rotatable bonds is 9. The third kappa shape index (κ3) is 5.27. The van der Waals surface area contributed by atoms with Crippen LogP contribution in [0.4, 0.5) is 5.69 Å². The van der Waals surface area contributed by atoms with E-state index < -0.39 is 10.0 Å². The van der Waals surface area contributed by atoms with Crippen LogP contribution in [0.1, 0.15) is 29.3 Å². The molecular formula is C24H26N2O3S. The quantitative estimate of drug-likeness (QED) is 0.524. The van der Waals surface area contributed by atoms with Crippen molar-refractivity contribution in [3.05, 3.63) is 96.1 Å². The molecule has 3 aromatic rings.